The Bertz CT molecular complexity index is 963. The number of urea groups is 1. The molecular weight excluding hydrogens is 371 g/mol. The summed E-state index contributed by atoms with van der Waals surface area (Å²) in [6.45, 7) is 0.925. The van der Waals surface area contributed by atoms with Crippen LogP contribution in [0.2, 0.25) is 0 Å². The molecule has 2 aromatic carbocycles. The van der Waals surface area contributed by atoms with Gasteiger partial charge in [0.05, 0.1) is 11.6 Å². The van der Waals surface area contributed by atoms with Crippen molar-refractivity contribution in [3.05, 3.63) is 66.5 Å². The van der Waals surface area contributed by atoms with Crippen LogP contribution in [0.4, 0.5) is 23.7 Å². The van der Waals surface area contributed by atoms with E-state index in [4.69, 9.17) is 0 Å². The van der Waals surface area contributed by atoms with Crippen molar-refractivity contribution in [1.29, 1.82) is 0 Å². The van der Waals surface area contributed by atoms with Crippen LogP contribution in [0.3, 0.4) is 0 Å². The predicted octanol–water partition coefficient (Wildman–Crippen LogP) is 4.05. The van der Waals surface area contributed by atoms with E-state index < -0.39 is 11.7 Å². The number of benzene rings is 2. The topological polar surface area (TPSA) is 63.1 Å². The van der Waals surface area contributed by atoms with Crippen molar-refractivity contribution >= 4 is 11.7 Å². The van der Waals surface area contributed by atoms with E-state index >= 15 is 0 Å². The fourth-order valence-electron chi connectivity index (χ4n) is 3.05. The van der Waals surface area contributed by atoms with Crippen molar-refractivity contribution in [1.82, 2.24) is 19.7 Å². The number of carbonyl (C=O) groups is 1. The first-order valence-corrected chi connectivity index (χ1v) is 8.60. The molecule has 6 nitrogen and oxygen atoms in total. The zero-order chi connectivity index (χ0) is 19.7. The Morgan fingerprint density at radius 2 is 1.71 bits per heavy atom. The molecule has 0 aliphatic carbocycles. The summed E-state index contributed by atoms with van der Waals surface area (Å²) in [4.78, 5) is 13.9. The summed E-state index contributed by atoms with van der Waals surface area (Å²) in [5, 5.41) is 10.7. The molecule has 0 saturated carbocycles. The number of likely N-dealkylation sites (tertiary alicyclic amines) is 1. The minimum atomic E-state index is -4.40. The molecule has 0 bridgehead atoms. The van der Waals surface area contributed by atoms with E-state index in [2.05, 4.69) is 15.5 Å². The zero-order valence-corrected chi connectivity index (χ0v) is 14.6. The van der Waals surface area contributed by atoms with Gasteiger partial charge in [-0.3, -0.25) is 0 Å². The van der Waals surface area contributed by atoms with Gasteiger partial charge in [-0.2, -0.15) is 13.2 Å². The third kappa shape index (κ3) is 3.55. The zero-order valence-electron chi connectivity index (χ0n) is 14.6. The SMILES string of the molecule is O=C(Nc1ccc(C(F)(F)F)cc1)N1CC(n2cnnc2-c2ccccc2)C1. The second-order valence-electron chi connectivity index (χ2n) is 6.49. The molecule has 0 radical (unpaired) electrons. The largest absolute Gasteiger partial charge is 0.416 e. The maximum Gasteiger partial charge on any atom is 0.416 e. The molecule has 0 spiro atoms. The van der Waals surface area contributed by atoms with Gasteiger partial charge >= 0.3 is 12.2 Å². The lowest BCUT2D eigenvalue weighted by atomic mass is 10.1. The van der Waals surface area contributed by atoms with Crippen LogP contribution in [0.25, 0.3) is 11.4 Å². The highest BCUT2D eigenvalue weighted by Crippen LogP contribution is 2.30. The number of hydrogen-bond donors (Lipinski definition) is 1. The van der Waals surface area contributed by atoms with Gasteiger partial charge in [-0.05, 0) is 24.3 Å². The van der Waals surface area contributed by atoms with Crippen molar-refractivity contribution < 1.29 is 18.0 Å². The van der Waals surface area contributed by atoms with Crippen LogP contribution in [0.1, 0.15) is 11.6 Å². The minimum Gasteiger partial charge on any atom is -0.320 e. The highest BCUT2D eigenvalue weighted by atomic mass is 19.4. The Balaban J connectivity index is 1.37. The highest BCUT2D eigenvalue weighted by Gasteiger charge is 2.34. The average Bonchev–Trinajstić information content (AvgIpc) is 3.10. The normalized spacial score (nSPS) is 14.6. The molecule has 1 N–H and O–H groups in total. The van der Waals surface area contributed by atoms with Crippen LogP contribution in [-0.4, -0.2) is 38.8 Å². The van der Waals surface area contributed by atoms with Crippen molar-refractivity contribution in [2.75, 3.05) is 18.4 Å². The smallest absolute Gasteiger partial charge is 0.320 e. The lowest BCUT2D eigenvalue weighted by molar-refractivity contribution is -0.137. The third-order valence-electron chi connectivity index (χ3n) is 4.61. The van der Waals surface area contributed by atoms with E-state index in [9.17, 15) is 18.0 Å². The van der Waals surface area contributed by atoms with Crippen LogP contribution < -0.4 is 5.32 Å². The number of amides is 2. The molecule has 2 amide bonds. The molecule has 4 rings (SSSR count). The van der Waals surface area contributed by atoms with E-state index in [1.54, 1.807) is 11.2 Å². The summed E-state index contributed by atoms with van der Waals surface area (Å²) in [6, 6.07) is 13.7. The second kappa shape index (κ2) is 6.99. The predicted molar refractivity (Wildman–Crippen MR) is 96.5 cm³/mol. The van der Waals surface area contributed by atoms with Crippen LogP contribution in [-0.2, 0) is 6.18 Å². The van der Waals surface area contributed by atoms with Crippen LogP contribution in [0, 0.1) is 0 Å². The summed E-state index contributed by atoms with van der Waals surface area (Å²) >= 11 is 0. The van der Waals surface area contributed by atoms with E-state index in [0.29, 0.717) is 18.8 Å². The molecule has 28 heavy (non-hydrogen) atoms. The Kier molecular flexibility index (Phi) is 4.50. The number of rotatable bonds is 3. The summed E-state index contributed by atoms with van der Waals surface area (Å²) in [5.41, 5.74) is 0.499. The summed E-state index contributed by atoms with van der Waals surface area (Å²) < 4.78 is 39.7. The van der Waals surface area contributed by atoms with Gasteiger partial charge in [0, 0.05) is 24.3 Å². The van der Waals surface area contributed by atoms with Crippen molar-refractivity contribution in [3.8, 4) is 11.4 Å². The fourth-order valence-corrected chi connectivity index (χ4v) is 3.05. The molecule has 1 fully saturated rings. The molecule has 1 aromatic heterocycles. The van der Waals surface area contributed by atoms with E-state index in [0.717, 1.165) is 23.5 Å². The number of carbonyl (C=O) groups excluding carboxylic acids is 1. The molecule has 1 aliphatic heterocycles. The van der Waals surface area contributed by atoms with Gasteiger partial charge in [0.2, 0.25) is 0 Å². The Labute approximate surface area is 158 Å². The molecule has 3 aromatic rings. The minimum absolute atomic E-state index is 0.0450. The number of nitrogens with one attached hydrogen (secondary N) is 1. The standard InChI is InChI=1S/C19H16F3N5O/c20-19(21,22)14-6-8-15(9-7-14)24-18(28)26-10-16(11-26)27-12-23-25-17(27)13-4-2-1-3-5-13/h1-9,12,16H,10-11H2,(H,24,28). The monoisotopic (exact) mass is 387 g/mol. The number of aromatic nitrogens is 3. The molecule has 2 heterocycles. The Morgan fingerprint density at radius 3 is 2.36 bits per heavy atom. The molecule has 9 heteroatoms. The molecule has 1 aliphatic rings. The molecule has 1 saturated heterocycles. The molecule has 144 valence electrons. The Morgan fingerprint density at radius 1 is 1.04 bits per heavy atom. The van der Waals surface area contributed by atoms with Gasteiger partial charge in [-0.15, -0.1) is 10.2 Å². The van der Waals surface area contributed by atoms with Gasteiger partial charge in [0.1, 0.15) is 6.33 Å². The van der Waals surface area contributed by atoms with E-state index in [-0.39, 0.29) is 12.1 Å². The first-order valence-electron chi connectivity index (χ1n) is 8.60. The highest BCUT2D eigenvalue weighted by molar-refractivity contribution is 5.89. The molecule has 0 unspecified atom stereocenters. The van der Waals surface area contributed by atoms with Crippen molar-refractivity contribution in [3.63, 3.8) is 0 Å². The van der Waals surface area contributed by atoms with Gasteiger partial charge in [0.15, 0.2) is 5.82 Å². The second-order valence-corrected chi connectivity index (χ2v) is 6.49. The van der Waals surface area contributed by atoms with Crippen molar-refractivity contribution in [2.45, 2.75) is 12.2 Å². The van der Waals surface area contributed by atoms with Crippen LogP contribution >= 0.6 is 0 Å². The lowest BCUT2D eigenvalue weighted by Gasteiger charge is -2.40. The lowest BCUT2D eigenvalue weighted by Crippen LogP contribution is -2.52. The number of alkyl halides is 3. The first kappa shape index (κ1) is 18.0. The third-order valence-corrected chi connectivity index (χ3v) is 4.61. The molecule has 0 atom stereocenters. The summed E-state index contributed by atoms with van der Waals surface area (Å²) in [6.07, 6.45) is -2.76. The first-order chi connectivity index (χ1) is 13.4. The number of nitrogens with zero attached hydrogens (tertiary/aromatic N) is 4. The summed E-state index contributed by atoms with van der Waals surface area (Å²) in [5.74, 6) is 0.730. The average molecular weight is 387 g/mol. The fraction of sp³-hybridized carbons (Fsp3) is 0.211. The quantitative estimate of drug-likeness (QED) is 0.737. The van der Waals surface area contributed by atoms with Gasteiger partial charge in [-0.1, -0.05) is 30.3 Å². The van der Waals surface area contributed by atoms with Gasteiger partial charge in [0.25, 0.3) is 0 Å². The van der Waals surface area contributed by atoms with Gasteiger partial charge in [-0.25, -0.2) is 4.79 Å². The van der Waals surface area contributed by atoms with Crippen LogP contribution in [0.15, 0.2) is 60.9 Å². The molecular formula is C19H16F3N5O. The van der Waals surface area contributed by atoms with E-state index in [1.165, 1.54) is 12.1 Å². The number of anilines is 1. The number of hydrogen-bond acceptors (Lipinski definition) is 3. The maximum absolute atomic E-state index is 12.6. The summed E-state index contributed by atoms with van der Waals surface area (Å²) in [7, 11) is 0. The Hall–Kier alpha value is -3.36. The maximum atomic E-state index is 12.6. The van der Waals surface area contributed by atoms with Crippen molar-refractivity contribution in [2.24, 2.45) is 0 Å². The van der Waals surface area contributed by atoms with E-state index in [1.807, 2.05) is 34.9 Å². The number of halogens is 3. The van der Waals surface area contributed by atoms with Gasteiger partial charge < -0.3 is 14.8 Å². The van der Waals surface area contributed by atoms with Crippen LogP contribution in [0.5, 0.6) is 0 Å².